The van der Waals surface area contributed by atoms with Crippen molar-refractivity contribution in [2.24, 2.45) is 0 Å². The van der Waals surface area contributed by atoms with E-state index in [4.69, 9.17) is 29.0 Å². The summed E-state index contributed by atoms with van der Waals surface area (Å²) in [6, 6.07) is 0.968. The first-order valence-corrected chi connectivity index (χ1v) is 13.1. The lowest BCUT2D eigenvalue weighted by atomic mass is 10.5. The topological polar surface area (TPSA) is 36.9 Å². The van der Waals surface area contributed by atoms with Gasteiger partial charge in [-0.2, -0.15) is 0 Å². The zero-order valence-corrected chi connectivity index (χ0v) is 17.6. The molecule has 0 aromatic carbocycles. The minimum absolute atomic E-state index is 0.00741. The first-order valence-electron chi connectivity index (χ1n) is 7.81. The van der Waals surface area contributed by atoms with Gasteiger partial charge in [0.05, 0.1) is 0 Å². The van der Waals surface area contributed by atoms with Crippen molar-refractivity contribution in [2.75, 3.05) is 5.88 Å². The summed E-state index contributed by atoms with van der Waals surface area (Å²) in [6.45, 7) is 16.2. The molecule has 0 aliphatic heterocycles. The summed E-state index contributed by atoms with van der Waals surface area (Å²) in [5.74, 6) is 0.648. The quantitative estimate of drug-likeness (QED) is 0.402. The van der Waals surface area contributed by atoms with E-state index in [0.717, 1.165) is 12.5 Å². The van der Waals surface area contributed by atoms with Crippen molar-refractivity contribution in [3.63, 3.8) is 0 Å². The van der Waals surface area contributed by atoms with Gasteiger partial charge in [0.1, 0.15) is 0 Å². The van der Waals surface area contributed by atoms with Crippen LogP contribution in [0.5, 0.6) is 0 Å². The molecule has 21 heavy (non-hydrogen) atoms. The molecule has 0 spiro atoms. The molecule has 0 saturated heterocycles. The fourth-order valence-electron chi connectivity index (χ4n) is 1.90. The zero-order chi connectivity index (χ0) is 16.7. The van der Waals surface area contributed by atoms with Crippen LogP contribution in [0.15, 0.2) is 0 Å². The van der Waals surface area contributed by atoms with E-state index in [1.165, 1.54) is 0 Å². The van der Waals surface area contributed by atoms with E-state index in [9.17, 15) is 0 Å². The molecule has 0 fully saturated rings. The molecular formula is C14H33ClO4Si2. The monoisotopic (exact) mass is 356 g/mol. The third-order valence-electron chi connectivity index (χ3n) is 2.45. The largest absolute Gasteiger partial charge is 0.669 e. The van der Waals surface area contributed by atoms with Crippen molar-refractivity contribution >= 4 is 29.0 Å². The van der Waals surface area contributed by atoms with Crippen LogP contribution >= 0.6 is 11.6 Å². The van der Waals surface area contributed by atoms with Gasteiger partial charge in [0, 0.05) is 24.2 Å². The van der Waals surface area contributed by atoms with E-state index in [-0.39, 0.29) is 18.3 Å². The number of halogens is 1. The van der Waals surface area contributed by atoms with Gasteiger partial charge in [-0.15, -0.1) is 11.6 Å². The SMILES string of the molecule is CC(C)O[Si](OC(C)C)(OC(C)C)O[Si](C)(C)CCCCl. The smallest absolute Gasteiger partial charge is 0.394 e. The second-order valence-electron chi connectivity index (χ2n) is 6.65. The second-order valence-corrected chi connectivity index (χ2v) is 13.6. The first kappa shape index (κ1) is 21.6. The van der Waals surface area contributed by atoms with Crippen molar-refractivity contribution in [3.05, 3.63) is 0 Å². The van der Waals surface area contributed by atoms with Gasteiger partial charge < -0.3 is 17.4 Å². The van der Waals surface area contributed by atoms with Crippen molar-refractivity contribution in [2.45, 2.75) is 85.4 Å². The maximum atomic E-state index is 6.41. The molecule has 0 heterocycles. The molecule has 0 unspecified atom stereocenters. The van der Waals surface area contributed by atoms with Gasteiger partial charge in [-0.05, 0) is 67.1 Å². The molecular weight excluding hydrogens is 324 g/mol. The van der Waals surface area contributed by atoms with Crippen LogP contribution in [-0.2, 0) is 17.4 Å². The molecule has 128 valence electrons. The van der Waals surface area contributed by atoms with Crippen LogP contribution in [0.4, 0.5) is 0 Å². The molecule has 0 atom stereocenters. The Labute approximate surface area is 138 Å². The third-order valence-corrected chi connectivity index (χ3v) is 9.77. The average molecular weight is 357 g/mol. The van der Waals surface area contributed by atoms with Crippen LogP contribution in [-0.4, -0.2) is 41.6 Å². The number of rotatable bonds is 11. The molecule has 0 N–H and O–H groups in total. The molecule has 0 aliphatic carbocycles. The highest BCUT2D eigenvalue weighted by molar-refractivity contribution is 6.79. The van der Waals surface area contributed by atoms with E-state index in [1.807, 2.05) is 41.5 Å². The van der Waals surface area contributed by atoms with Crippen molar-refractivity contribution in [1.29, 1.82) is 0 Å². The van der Waals surface area contributed by atoms with Crippen molar-refractivity contribution in [1.82, 2.24) is 0 Å². The summed E-state index contributed by atoms with van der Waals surface area (Å²) in [6.07, 6.45) is 0.919. The summed E-state index contributed by atoms with van der Waals surface area (Å²) < 4.78 is 24.6. The summed E-state index contributed by atoms with van der Waals surface area (Å²) in [5.41, 5.74) is 0. The lowest BCUT2D eigenvalue weighted by Gasteiger charge is -2.38. The molecule has 4 nitrogen and oxygen atoms in total. The summed E-state index contributed by atoms with van der Waals surface area (Å²) >= 11 is 5.82. The molecule has 0 aliphatic rings. The number of alkyl halides is 1. The Bertz CT molecular complexity index is 260. The molecule has 7 heteroatoms. The number of hydrogen-bond donors (Lipinski definition) is 0. The van der Waals surface area contributed by atoms with Crippen LogP contribution in [0, 0.1) is 0 Å². The van der Waals surface area contributed by atoms with Gasteiger partial charge in [0.2, 0.25) is 0 Å². The Morgan fingerprint density at radius 2 is 1.19 bits per heavy atom. The predicted octanol–water partition coefficient (Wildman–Crippen LogP) is 4.55. The Morgan fingerprint density at radius 3 is 1.48 bits per heavy atom. The summed E-state index contributed by atoms with van der Waals surface area (Å²) in [5, 5.41) is 0. The molecule has 0 saturated carbocycles. The maximum absolute atomic E-state index is 6.41. The molecule has 0 radical (unpaired) electrons. The maximum Gasteiger partial charge on any atom is 0.669 e. The van der Waals surface area contributed by atoms with E-state index >= 15 is 0 Å². The van der Waals surface area contributed by atoms with Gasteiger partial charge in [-0.1, -0.05) is 0 Å². The summed E-state index contributed by atoms with van der Waals surface area (Å²) in [7, 11) is -5.11. The fraction of sp³-hybridized carbons (Fsp3) is 1.00. The first-order chi connectivity index (χ1) is 9.52. The Morgan fingerprint density at radius 1 is 0.810 bits per heavy atom. The highest BCUT2D eigenvalue weighted by Crippen LogP contribution is 2.26. The highest BCUT2D eigenvalue weighted by atomic mass is 35.5. The van der Waals surface area contributed by atoms with Gasteiger partial charge in [0.25, 0.3) is 0 Å². The van der Waals surface area contributed by atoms with Crippen LogP contribution < -0.4 is 0 Å². The fourth-order valence-corrected chi connectivity index (χ4v) is 8.88. The van der Waals surface area contributed by atoms with Crippen molar-refractivity contribution < 1.29 is 17.4 Å². The highest BCUT2D eigenvalue weighted by Gasteiger charge is 2.52. The van der Waals surface area contributed by atoms with Gasteiger partial charge in [0.15, 0.2) is 8.32 Å². The molecule has 0 rings (SSSR count). The van der Waals surface area contributed by atoms with E-state index in [1.54, 1.807) is 0 Å². The van der Waals surface area contributed by atoms with E-state index in [2.05, 4.69) is 13.1 Å². The zero-order valence-electron chi connectivity index (χ0n) is 14.9. The Balaban J connectivity index is 5.21. The van der Waals surface area contributed by atoms with E-state index < -0.39 is 17.4 Å². The molecule has 0 aromatic rings. The average Bonchev–Trinajstić information content (AvgIpc) is 2.21. The molecule has 0 amide bonds. The van der Waals surface area contributed by atoms with Crippen LogP contribution in [0.1, 0.15) is 48.0 Å². The standard InChI is InChI=1S/C14H33ClO4Si2/c1-12(2)16-21(17-13(3)4,18-14(5)6)19-20(7,8)11-9-10-15/h12-14H,9-11H2,1-8H3. The normalized spacial score (nSPS) is 13.7. The Hall–Kier alpha value is 0.564. The Kier molecular flexibility index (Phi) is 9.91. The van der Waals surface area contributed by atoms with Gasteiger partial charge in [-0.3, -0.25) is 0 Å². The minimum atomic E-state index is -3.15. The summed E-state index contributed by atoms with van der Waals surface area (Å²) in [4.78, 5) is 0. The van der Waals surface area contributed by atoms with E-state index in [0.29, 0.717) is 5.88 Å². The second kappa shape index (κ2) is 9.65. The van der Waals surface area contributed by atoms with Gasteiger partial charge >= 0.3 is 9.05 Å². The van der Waals surface area contributed by atoms with Gasteiger partial charge in [-0.25, -0.2) is 0 Å². The van der Waals surface area contributed by atoms with Crippen LogP contribution in [0.25, 0.3) is 0 Å². The lowest BCUT2D eigenvalue weighted by Crippen LogP contribution is -2.58. The van der Waals surface area contributed by atoms with Crippen molar-refractivity contribution in [3.8, 4) is 0 Å². The predicted molar refractivity (Wildman–Crippen MR) is 93.1 cm³/mol. The lowest BCUT2D eigenvalue weighted by molar-refractivity contribution is -0.0487. The number of hydrogen-bond acceptors (Lipinski definition) is 4. The van der Waals surface area contributed by atoms with Crippen LogP contribution in [0.3, 0.4) is 0 Å². The third kappa shape index (κ3) is 10.0. The molecule has 0 bridgehead atoms. The van der Waals surface area contributed by atoms with Crippen LogP contribution in [0.2, 0.25) is 19.1 Å². The minimum Gasteiger partial charge on any atom is -0.394 e. The molecule has 0 aromatic heterocycles.